The maximum Gasteiger partial charge on any atom is 0.168 e. The minimum absolute atomic E-state index is 0.222. The van der Waals surface area contributed by atoms with E-state index >= 15 is 0 Å². The number of hydrogen-bond donors (Lipinski definition) is 2. The maximum absolute atomic E-state index is 9.97. The van der Waals surface area contributed by atoms with Gasteiger partial charge in [0.2, 0.25) is 0 Å². The van der Waals surface area contributed by atoms with Gasteiger partial charge in [-0.15, -0.1) is 0 Å². The molecule has 74 valence electrons. The van der Waals surface area contributed by atoms with Crippen LogP contribution in [0.2, 0.25) is 0 Å². The minimum atomic E-state index is -1.41. The molecule has 2 N–H and O–H groups in total. The van der Waals surface area contributed by atoms with Crippen LogP contribution < -0.4 is 0 Å². The van der Waals surface area contributed by atoms with Crippen LogP contribution in [0.5, 0.6) is 0 Å². The topological polar surface area (TPSA) is 40.5 Å². The van der Waals surface area contributed by atoms with Crippen LogP contribution in [0.3, 0.4) is 0 Å². The second-order valence-corrected chi connectivity index (χ2v) is 4.52. The first-order valence-corrected chi connectivity index (χ1v) is 5.26. The fraction of sp³-hybridized carbons (Fsp3) is 0.818. The molecule has 0 aromatic heterocycles. The van der Waals surface area contributed by atoms with E-state index in [1.807, 2.05) is 0 Å². The molecule has 0 radical (unpaired) electrons. The Balaban J connectivity index is 2.22. The summed E-state index contributed by atoms with van der Waals surface area (Å²) in [5, 5.41) is 19.9. The van der Waals surface area contributed by atoms with Crippen LogP contribution in [0.15, 0.2) is 12.2 Å². The summed E-state index contributed by atoms with van der Waals surface area (Å²) >= 11 is 0. The summed E-state index contributed by atoms with van der Waals surface area (Å²) < 4.78 is 0. The highest BCUT2D eigenvalue weighted by molar-refractivity contribution is 5.04. The lowest BCUT2D eigenvalue weighted by molar-refractivity contribution is -0.264. The van der Waals surface area contributed by atoms with Crippen molar-refractivity contribution in [2.45, 2.75) is 50.7 Å². The predicted molar refractivity (Wildman–Crippen MR) is 51.1 cm³/mol. The number of hydrogen-bond acceptors (Lipinski definition) is 2. The van der Waals surface area contributed by atoms with Gasteiger partial charge in [0.1, 0.15) is 0 Å². The zero-order valence-electron chi connectivity index (χ0n) is 8.00. The molecule has 0 bridgehead atoms. The van der Waals surface area contributed by atoms with E-state index in [2.05, 4.69) is 12.2 Å². The van der Waals surface area contributed by atoms with E-state index in [-0.39, 0.29) is 5.41 Å². The molecule has 1 unspecified atom stereocenters. The van der Waals surface area contributed by atoms with Gasteiger partial charge in [0.15, 0.2) is 5.79 Å². The molecule has 0 saturated heterocycles. The Morgan fingerprint density at radius 1 is 0.923 bits per heavy atom. The lowest BCUT2D eigenvalue weighted by Crippen LogP contribution is -2.51. The SMILES string of the molecule is OC1(O)CCCCC12CC=CCC2. The molecule has 1 saturated carbocycles. The van der Waals surface area contributed by atoms with Crippen LogP contribution >= 0.6 is 0 Å². The van der Waals surface area contributed by atoms with E-state index in [0.29, 0.717) is 6.42 Å². The van der Waals surface area contributed by atoms with Crippen molar-refractivity contribution in [3.05, 3.63) is 12.2 Å². The lowest BCUT2D eigenvalue weighted by Gasteiger charge is -2.48. The van der Waals surface area contributed by atoms with Crippen molar-refractivity contribution in [2.24, 2.45) is 5.41 Å². The number of rotatable bonds is 0. The highest BCUT2D eigenvalue weighted by Crippen LogP contribution is 2.50. The quantitative estimate of drug-likeness (QED) is 0.444. The molecule has 1 fully saturated rings. The molecule has 2 aliphatic carbocycles. The Morgan fingerprint density at radius 2 is 1.69 bits per heavy atom. The second kappa shape index (κ2) is 3.10. The van der Waals surface area contributed by atoms with Gasteiger partial charge in [-0.2, -0.15) is 0 Å². The molecule has 1 spiro atoms. The fourth-order valence-electron chi connectivity index (χ4n) is 2.78. The third kappa shape index (κ3) is 1.42. The molecule has 0 aromatic carbocycles. The summed E-state index contributed by atoms with van der Waals surface area (Å²) in [7, 11) is 0. The van der Waals surface area contributed by atoms with Crippen LogP contribution in [-0.2, 0) is 0 Å². The summed E-state index contributed by atoms with van der Waals surface area (Å²) in [6, 6.07) is 0. The zero-order chi connectivity index (χ0) is 9.36. The van der Waals surface area contributed by atoms with Crippen molar-refractivity contribution < 1.29 is 10.2 Å². The summed E-state index contributed by atoms with van der Waals surface area (Å²) in [5.74, 6) is -1.41. The number of aliphatic hydroxyl groups is 2. The third-order valence-corrected chi connectivity index (χ3v) is 3.74. The van der Waals surface area contributed by atoms with Crippen molar-refractivity contribution in [2.75, 3.05) is 0 Å². The molecule has 0 aromatic rings. The maximum atomic E-state index is 9.97. The van der Waals surface area contributed by atoms with Crippen molar-refractivity contribution in [3.8, 4) is 0 Å². The molecule has 2 heteroatoms. The van der Waals surface area contributed by atoms with Gasteiger partial charge >= 0.3 is 0 Å². The molecule has 1 atom stereocenters. The smallest absolute Gasteiger partial charge is 0.168 e. The van der Waals surface area contributed by atoms with Gasteiger partial charge in [-0.05, 0) is 32.1 Å². The van der Waals surface area contributed by atoms with Gasteiger partial charge in [0.25, 0.3) is 0 Å². The molecule has 13 heavy (non-hydrogen) atoms. The van der Waals surface area contributed by atoms with Crippen LogP contribution in [0, 0.1) is 5.41 Å². The molecule has 0 heterocycles. The summed E-state index contributed by atoms with van der Waals surface area (Å²) in [6.07, 6.45) is 10.7. The molecule has 0 aliphatic heterocycles. The summed E-state index contributed by atoms with van der Waals surface area (Å²) in [6.45, 7) is 0. The largest absolute Gasteiger partial charge is 0.365 e. The minimum Gasteiger partial charge on any atom is -0.365 e. The Bertz CT molecular complexity index is 220. The first kappa shape index (κ1) is 9.22. The highest BCUT2D eigenvalue weighted by Gasteiger charge is 2.49. The Labute approximate surface area is 79.3 Å². The first-order valence-electron chi connectivity index (χ1n) is 5.26. The monoisotopic (exact) mass is 182 g/mol. The highest BCUT2D eigenvalue weighted by atomic mass is 16.5. The molecular formula is C11H18O2. The van der Waals surface area contributed by atoms with E-state index in [9.17, 15) is 10.2 Å². The van der Waals surface area contributed by atoms with Crippen molar-refractivity contribution >= 4 is 0 Å². The van der Waals surface area contributed by atoms with E-state index in [4.69, 9.17) is 0 Å². The first-order chi connectivity index (χ1) is 6.16. The van der Waals surface area contributed by atoms with Crippen molar-refractivity contribution in [1.29, 1.82) is 0 Å². The Morgan fingerprint density at radius 3 is 2.31 bits per heavy atom. The standard InChI is InChI=1S/C11H18O2/c12-11(13)9-5-4-8-10(11)6-2-1-3-7-10/h1-2,12-13H,3-9H2. The Hall–Kier alpha value is -0.340. The van der Waals surface area contributed by atoms with Crippen molar-refractivity contribution in [1.82, 2.24) is 0 Å². The zero-order valence-corrected chi connectivity index (χ0v) is 8.00. The van der Waals surface area contributed by atoms with Gasteiger partial charge in [-0.25, -0.2) is 0 Å². The molecule has 2 nitrogen and oxygen atoms in total. The molecule has 0 amide bonds. The van der Waals surface area contributed by atoms with Crippen LogP contribution in [0.25, 0.3) is 0 Å². The van der Waals surface area contributed by atoms with Gasteiger partial charge in [-0.1, -0.05) is 18.6 Å². The van der Waals surface area contributed by atoms with Gasteiger partial charge in [0.05, 0.1) is 0 Å². The van der Waals surface area contributed by atoms with Crippen LogP contribution in [-0.4, -0.2) is 16.0 Å². The summed E-state index contributed by atoms with van der Waals surface area (Å²) in [4.78, 5) is 0. The second-order valence-electron chi connectivity index (χ2n) is 4.52. The Kier molecular flexibility index (Phi) is 2.20. The molecular weight excluding hydrogens is 164 g/mol. The molecule has 2 aliphatic rings. The third-order valence-electron chi connectivity index (χ3n) is 3.74. The van der Waals surface area contributed by atoms with Gasteiger partial charge in [0, 0.05) is 11.8 Å². The van der Waals surface area contributed by atoms with Crippen molar-refractivity contribution in [3.63, 3.8) is 0 Å². The van der Waals surface area contributed by atoms with Gasteiger partial charge < -0.3 is 10.2 Å². The van der Waals surface area contributed by atoms with E-state index < -0.39 is 5.79 Å². The normalized spacial score (nSPS) is 38.0. The summed E-state index contributed by atoms with van der Waals surface area (Å²) in [5.41, 5.74) is -0.222. The average molecular weight is 182 g/mol. The average Bonchev–Trinajstić information content (AvgIpc) is 2.12. The number of allylic oxidation sites excluding steroid dienone is 2. The fourth-order valence-corrected chi connectivity index (χ4v) is 2.78. The molecule has 2 rings (SSSR count). The van der Waals surface area contributed by atoms with Crippen LogP contribution in [0.1, 0.15) is 44.9 Å². The predicted octanol–water partition coefficient (Wildman–Crippen LogP) is 1.97. The van der Waals surface area contributed by atoms with E-state index in [1.54, 1.807) is 0 Å². The van der Waals surface area contributed by atoms with E-state index in [0.717, 1.165) is 38.5 Å². The van der Waals surface area contributed by atoms with E-state index in [1.165, 1.54) is 0 Å². The van der Waals surface area contributed by atoms with Gasteiger partial charge in [-0.3, -0.25) is 0 Å². The lowest BCUT2D eigenvalue weighted by atomic mass is 9.63. The van der Waals surface area contributed by atoms with Crippen LogP contribution in [0.4, 0.5) is 0 Å².